The van der Waals surface area contributed by atoms with Crippen molar-refractivity contribution in [1.82, 2.24) is 10.3 Å². The lowest BCUT2D eigenvalue weighted by Gasteiger charge is -2.10. The number of unbranched alkanes of at least 4 members (excludes halogenated alkanes) is 1. The van der Waals surface area contributed by atoms with Crippen LogP contribution < -0.4 is 10.1 Å². The van der Waals surface area contributed by atoms with Gasteiger partial charge in [-0.1, -0.05) is 20.3 Å². The van der Waals surface area contributed by atoms with Crippen molar-refractivity contribution in [2.24, 2.45) is 0 Å². The largest absolute Gasteiger partial charge is 0.477 e. The van der Waals surface area contributed by atoms with Crippen molar-refractivity contribution >= 4 is 15.9 Å². The third-order valence-corrected chi connectivity index (χ3v) is 2.63. The second kappa shape index (κ2) is 7.63. The van der Waals surface area contributed by atoms with Gasteiger partial charge in [-0.25, -0.2) is 4.98 Å². The van der Waals surface area contributed by atoms with Crippen LogP contribution >= 0.6 is 15.9 Å². The molecule has 16 heavy (non-hydrogen) atoms. The van der Waals surface area contributed by atoms with Crippen LogP contribution in [0.1, 0.15) is 32.3 Å². The Morgan fingerprint density at radius 1 is 1.44 bits per heavy atom. The first kappa shape index (κ1) is 13.5. The first-order chi connectivity index (χ1) is 7.77. The van der Waals surface area contributed by atoms with E-state index in [9.17, 15) is 0 Å². The fourth-order valence-corrected chi connectivity index (χ4v) is 1.68. The quantitative estimate of drug-likeness (QED) is 0.782. The van der Waals surface area contributed by atoms with Gasteiger partial charge in [0.1, 0.15) is 0 Å². The first-order valence-electron chi connectivity index (χ1n) is 5.75. The maximum absolute atomic E-state index is 5.66. The number of nitrogens with zero attached hydrogens (tertiary/aromatic N) is 1. The van der Waals surface area contributed by atoms with Crippen LogP contribution in [-0.2, 0) is 6.54 Å². The van der Waals surface area contributed by atoms with Crippen LogP contribution in [0.5, 0.6) is 5.88 Å². The van der Waals surface area contributed by atoms with Crippen molar-refractivity contribution < 1.29 is 4.74 Å². The fraction of sp³-hybridized carbons (Fsp3) is 0.583. The molecule has 0 spiro atoms. The van der Waals surface area contributed by atoms with Crippen molar-refractivity contribution in [3.63, 3.8) is 0 Å². The van der Waals surface area contributed by atoms with E-state index in [1.54, 1.807) is 6.20 Å². The summed E-state index contributed by atoms with van der Waals surface area (Å²) >= 11 is 3.42. The van der Waals surface area contributed by atoms with Crippen LogP contribution in [0.2, 0.25) is 0 Å². The molecule has 1 aromatic heterocycles. The lowest BCUT2D eigenvalue weighted by molar-refractivity contribution is 0.293. The van der Waals surface area contributed by atoms with E-state index in [1.807, 2.05) is 0 Å². The second-order valence-corrected chi connectivity index (χ2v) is 4.52. The van der Waals surface area contributed by atoms with Crippen LogP contribution in [-0.4, -0.2) is 18.1 Å². The average molecular weight is 287 g/mol. The third-order valence-electron chi connectivity index (χ3n) is 2.19. The molecule has 4 heteroatoms. The van der Waals surface area contributed by atoms with Gasteiger partial charge in [0.25, 0.3) is 0 Å². The Bertz CT molecular complexity index is 318. The number of hydrogen-bond donors (Lipinski definition) is 1. The van der Waals surface area contributed by atoms with Gasteiger partial charge in [0.15, 0.2) is 0 Å². The number of pyridine rings is 1. The number of halogens is 1. The van der Waals surface area contributed by atoms with Gasteiger partial charge >= 0.3 is 0 Å². The van der Waals surface area contributed by atoms with Crippen LogP contribution in [0.3, 0.4) is 0 Å². The molecule has 0 aromatic carbocycles. The SMILES string of the molecule is CCCCOc1ncc(Br)cc1CNCC. The van der Waals surface area contributed by atoms with Crippen molar-refractivity contribution in [3.8, 4) is 5.88 Å². The topological polar surface area (TPSA) is 34.1 Å². The molecule has 1 rings (SSSR count). The molecule has 0 amide bonds. The summed E-state index contributed by atoms with van der Waals surface area (Å²) in [6.07, 6.45) is 3.98. The van der Waals surface area contributed by atoms with Gasteiger partial charge in [-0.3, -0.25) is 0 Å². The Labute approximate surface area is 106 Å². The normalized spacial score (nSPS) is 10.4. The summed E-state index contributed by atoms with van der Waals surface area (Å²) in [6.45, 7) is 6.72. The summed E-state index contributed by atoms with van der Waals surface area (Å²) in [4.78, 5) is 4.29. The Hall–Kier alpha value is -0.610. The van der Waals surface area contributed by atoms with Gasteiger partial charge in [-0.05, 0) is 35.0 Å². The van der Waals surface area contributed by atoms with E-state index >= 15 is 0 Å². The predicted octanol–water partition coefficient (Wildman–Crippen LogP) is 3.13. The molecule has 1 heterocycles. The molecule has 0 saturated carbocycles. The lowest BCUT2D eigenvalue weighted by atomic mass is 10.2. The standard InChI is InChI=1S/C12H19BrN2O/c1-3-5-6-16-12-10(8-14-4-2)7-11(13)9-15-12/h7,9,14H,3-6,8H2,1-2H3. The first-order valence-corrected chi connectivity index (χ1v) is 6.55. The number of aromatic nitrogens is 1. The van der Waals surface area contributed by atoms with Gasteiger partial charge in [0.05, 0.1) is 6.61 Å². The second-order valence-electron chi connectivity index (χ2n) is 3.60. The Morgan fingerprint density at radius 2 is 2.25 bits per heavy atom. The van der Waals surface area contributed by atoms with E-state index in [4.69, 9.17) is 4.74 Å². The molecular formula is C12H19BrN2O. The van der Waals surface area contributed by atoms with E-state index < -0.39 is 0 Å². The van der Waals surface area contributed by atoms with E-state index in [0.29, 0.717) is 0 Å². The monoisotopic (exact) mass is 286 g/mol. The van der Waals surface area contributed by atoms with Crippen molar-refractivity contribution in [2.75, 3.05) is 13.2 Å². The zero-order valence-electron chi connectivity index (χ0n) is 9.92. The van der Waals surface area contributed by atoms with Gasteiger partial charge < -0.3 is 10.1 Å². The lowest BCUT2D eigenvalue weighted by Crippen LogP contribution is -2.13. The minimum atomic E-state index is 0.740. The fourth-order valence-electron chi connectivity index (χ4n) is 1.30. The molecule has 1 aromatic rings. The molecule has 0 atom stereocenters. The minimum Gasteiger partial charge on any atom is -0.477 e. The number of hydrogen-bond acceptors (Lipinski definition) is 3. The highest BCUT2D eigenvalue weighted by atomic mass is 79.9. The molecule has 0 aliphatic rings. The summed E-state index contributed by atoms with van der Waals surface area (Å²) in [6, 6.07) is 2.05. The Morgan fingerprint density at radius 3 is 2.94 bits per heavy atom. The molecule has 0 aliphatic carbocycles. The summed E-state index contributed by atoms with van der Waals surface area (Å²) < 4.78 is 6.65. The Kier molecular flexibility index (Phi) is 6.42. The van der Waals surface area contributed by atoms with E-state index in [1.165, 1.54) is 0 Å². The maximum atomic E-state index is 5.66. The summed E-state index contributed by atoms with van der Waals surface area (Å²) in [7, 11) is 0. The highest BCUT2D eigenvalue weighted by Gasteiger charge is 2.05. The third kappa shape index (κ3) is 4.49. The van der Waals surface area contributed by atoms with Crippen LogP contribution in [0.4, 0.5) is 0 Å². The average Bonchev–Trinajstić information content (AvgIpc) is 2.29. The molecule has 0 saturated heterocycles. The Balaban J connectivity index is 2.64. The van der Waals surface area contributed by atoms with Crippen molar-refractivity contribution in [1.29, 1.82) is 0 Å². The van der Waals surface area contributed by atoms with E-state index in [0.717, 1.165) is 48.5 Å². The molecule has 0 fully saturated rings. The van der Waals surface area contributed by atoms with E-state index in [2.05, 4.69) is 46.1 Å². The molecule has 90 valence electrons. The molecule has 1 N–H and O–H groups in total. The summed E-state index contributed by atoms with van der Waals surface area (Å²) in [5.41, 5.74) is 1.10. The van der Waals surface area contributed by atoms with E-state index in [-0.39, 0.29) is 0 Å². The molecule has 0 radical (unpaired) electrons. The molecule has 0 aliphatic heterocycles. The van der Waals surface area contributed by atoms with Gasteiger partial charge in [-0.15, -0.1) is 0 Å². The molecule has 0 bridgehead atoms. The number of nitrogens with one attached hydrogen (secondary N) is 1. The van der Waals surface area contributed by atoms with Crippen molar-refractivity contribution in [2.45, 2.75) is 33.2 Å². The summed E-state index contributed by atoms with van der Waals surface area (Å²) in [5, 5.41) is 3.28. The van der Waals surface area contributed by atoms with Crippen molar-refractivity contribution in [3.05, 3.63) is 22.3 Å². The van der Waals surface area contributed by atoms with Crippen LogP contribution in [0, 0.1) is 0 Å². The van der Waals surface area contributed by atoms with Crippen LogP contribution in [0.25, 0.3) is 0 Å². The summed E-state index contributed by atoms with van der Waals surface area (Å²) in [5.74, 6) is 0.748. The zero-order chi connectivity index (χ0) is 11.8. The highest BCUT2D eigenvalue weighted by Crippen LogP contribution is 2.20. The van der Waals surface area contributed by atoms with Gasteiger partial charge in [-0.2, -0.15) is 0 Å². The molecular weight excluding hydrogens is 268 g/mol. The highest BCUT2D eigenvalue weighted by molar-refractivity contribution is 9.10. The maximum Gasteiger partial charge on any atom is 0.217 e. The predicted molar refractivity (Wildman–Crippen MR) is 69.7 cm³/mol. The van der Waals surface area contributed by atoms with Crippen LogP contribution in [0.15, 0.2) is 16.7 Å². The minimum absolute atomic E-state index is 0.740. The van der Waals surface area contributed by atoms with Gasteiger partial charge in [0, 0.05) is 22.8 Å². The number of ether oxygens (including phenoxy) is 1. The number of rotatable bonds is 7. The molecule has 3 nitrogen and oxygen atoms in total. The smallest absolute Gasteiger partial charge is 0.217 e. The molecule has 0 unspecified atom stereocenters. The zero-order valence-corrected chi connectivity index (χ0v) is 11.5. The van der Waals surface area contributed by atoms with Gasteiger partial charge in [0.2, 0.25) is 5.88 Å².